The van der Waals surface area contributed by atoms with Gasteiger partial charge in [0.15, 0.2) is 0 Å². The molecule has 5 atom stereocenters. The van der Waals surface area contributed by atoms with Gasteiger partial charge < -0.3 is 14.8 Å². The molecule has 3 heterocycles. The maximum atomic E-state index is 13.6. The normalized spacial score (nSPS) is 33.9. The first kappa shape index (κ1) is 26.0. The number of piperidine rings is 1. The maximum absolute atomic E-state index is 13.6. The van der Waals surface area contributed by atoms with Crippen LogP contribution in [-0.4, -0.2) is 25.0 Å². The minimum Gasteiger partial charge on any atom is -0.427 e. The Bertz CT molecular complexity index is 1310. The monoisotopic (exact) mass is 539 g/mol. The Labute approximate surface area is 237 Å². The summed E-state index contributed by atoms with van der Waals surface area (Å²) in [5.74, 6) is 2.85. The van der Waals surface area contributed by atoms with Crippen LogP contribution in [0.1, 0.15) is 70.3 Å². The van der Waals surface area contributed by atoms with Crippen molar-refractivity contribution in [2.24, 2.45) is 35.0 Å². The molecule has 1 saturated carbocycles. The number of carbonyl (C=O) groups excluding carboxylic acids is 2. The fourth-order valence-corrected chi connectivity index (χ4v) is 8.77. The lowest BCUT2D eigenvalue weighted by Gasteiger charge is -2.54. The number of hydrogen-bond acceptors (Lipinski definition) is 5. The summed E-state index contributed by atoms with van der Waals surface area (Å²) in [6.45, 7) is 4.41. The predicted octanol–water partition coefficient (Wildman–Crippen LogP) is 6.58. The molecule has 5 nitrogen and oxygen atoms in total. The molecule has 40 heavy (non-hydrogen) atoms. The molecule has 2 saturated heterocycles. The van der Waals surface area contributed by atoms with E-state index in [0.29, 0.717) is 11.8 Å². The summed E-state index contributed by atoms with van der Waals surface area (Å²) in [6.07, 6.45) is 16.9. The van der Waals surface area contributed by atoms with Crippen LogP contribution in [0.5, 0.6) is 0 Å². The summed E-state index contributed by atoms with van der Waals surface area (Å²) in [7, 11) is 0. The first-order valence-electron chi connectivity index (χ1n) is 15.7. The van der Waals surface area contributed by atoms with E-state index in [-0.39, 0.29) is 23.8 Å². The highest BCUT2D eigenvalue weighted by molar-refractivity contribution is 5.99. The SMILES string of the molecule is CC[C@H](C=C1OC(=O)C2=C[C@@H]3CC[C@]12[C@H]1C2=C(CC[C@H]31)C(=CCCC1CCNCC1)OC2=O)Cc1ccccc1. The average molecular weight is 540 g/mol. The first-order valence-corrected chi connectivity index (χ1v) is 15.7. The number of allylic oxidation sites excluding steroid dienone is 5. The van der Waals surface area contributed by atoms with Crippen LogP contribution in [0.2, 0.25) is 0 Å². The molecule has 8 rings (SSSR count). The van der Waals surface area contributed by atoms with Crippen LogP contribution in [0.25, 0.3) is 0 Å². The van der Waals surface area contributed by atoms with Crippen molar-refractivity contribution in [3.63, 3.8) is 0 Å². The lowest BCUT2D eigenvalue weighted by molar-refractivity contribution is -0.135. The van der Waals surface area contributed by atoms with Gasteiger partial charge in [-0.2, -0.15) is 0 Å². The van der Waals surface area contributed by atoms with E-state index < -0.39 is 5.41 Å². The van der Waals surface area contributed by atoms with Crippen LogP contribution in [0.15, 0.2) is 76.8 Å². The quantitative estimate of drug-likeness (QED) is 0.397. The summed E-state index contributed by atoms with van der Waals surface area (Å²) in [5, 5.41) is 3.45. The number of ether oxygens (including phenoxy) is 2. The number of esters is 2. The second kappa shape index (κ2) is 10.5. The van der Waals surface area contributed by atoms with Crippen molar-refractivity contribution >= 4 is 11.9 Å². The minimum absolute atomic E-state index is 0.0373. The Morgan fingerprint density at radius 3 is 2.67 bits per heavy atom. The number of nitrogens with one attached hydrogen (secondary N) is 1. The fraction of sp³-hybridized carbons (Fsp3) is 0.543. The number of carbonyl (C=O) groups is 2. The van der Waals surface area contributed by atoms with Crippen LogP contribution >= 0.6 is 0 Å². The zero-order chi connectivity index (χ0) is 27.3. The lowest BCUT2D eigenvalue weighted by Crippen LogP contribution is -2.50. The van der Waals surface area contributed by atoms with Gasteiger partial charge in [-0.1, -0.05) is 43.3 Å². The molecule has 1 aromatic rings. The standard InChI is InChI=1S/C35H41NO4/c1-2-22(19-24-7-4-3-5-8-24)20-30-35-16-13-25(21-28(35)33(37)40-30)26-11-12-27-29(39-34(38)31(27)32(26)35)10-6-9-23-14-17-36-18-15-23/h3-5,7-8,10,20-23,25-26,32,36H,2,6,9,11-19H2,1H3/t22-,25-,26+,32+,35+/m0/s1. The second-order valence-corrected chi connectivity index (χ2v) is 12.8. The van der Waals surface area contributed by atoms with Crippen molar-refractivity contribution in [2.75, 3.05) is 13.1 Å². The summed E-state index contributed by atoms with van der Waals surface area (Å²) >= 11 is 0. The minimum atomic E-state index is -0.537. The van der Waals surface area contributed by atoms with E-state index in [1.807, 2.05) is 6.07 Å². The third-order valence-electron chi connectivity index (χ3n) is 10.8. The topological polar surface area (TPSA) is 64.6 Å². The predicted molar refractivity (Wildman–Crippen MR) is 154 cm³/mol. The highest BCUT2D eigenvalue weighted by Crippen LogP contribution is 2.68. The average Bonchev–Trinajstić information content (AvgIpc) is 3.47. The van der Waals surface area contributed by atoms with Crippen LogP contribution in [0, 0.1) is 35.0 Å². The van der Waals surface area contributed by atoms with Gasteiger partial charge in [0.05, 0.1) is 5.41 Å². The third kappa shape index (κ3) is 4.24. The van der Waals surface area contributed by atoms with Gasteiger partial charge in [0, 0.05) is 22.6 Å². The van der Waals surface area contributed by atoms with Gasteiger partial charge in [0.25, 0.3) is 0 Å². The molecule has 7 aliphatic rings. The van der Waals surface area contributed by atoms with Gasteiger partial charge >= 0.3 is 11.9 Å². The summed E-state index contributed by atoms with van der Waals surface area (Å²) < 4.78 is 12.2. The molecule has 0 amide bonds. The highest BCUT2D eigenvalue weighted by atomic mass is 16.5. The molecule has 2 bridgehead atoms. The molecule has 210 valence electrons. The molecule has 4 aliphatic carbocycles. The van der Waals surface area contributed by atoms with E-state index in [9.17, 15) is 9.59 Å². The number of hydrogen-bond donors (Lipinski definition) is 1. The van der Waals surface area contributed by atoms with Gasteiger partial charge in [-0.3, -0.25) is 0 Å². The number of rotatable bonds is 7. The Balaban J connectivity index is 1.23. The molecule has 0 aromatic heterocycles. The van der Waals surface area contributed by atoms with Crippen LogP contribution in [0.3, 0.4) is 0 Å². The first-order chi connectivity index (χ1) is 19.6. The van der Waals surface area contributed by atoms with Gasteiger partial charge in [0.2, 0.25) is 0 Å². The van der Waals surface area contributed by atoms with E-state index in [0.717, 1.165) is 98.6 Å². The van der Waals surface area contributed by atoms with Crippen LogP contribution < -0.4 is 5.32 Å². The highest BCUT2D eigenvalue weighted by Gasteiger charge is 2.66. The van der Waals surface area contributed by atoms with Crippen LogP contribution in [-0.2, 0) is 25.5 Å². The van der Waals surface area contributed by atoms with E-state index in [2.05, 4.69) is 54.7 Å². The van der Waals surface area contributed by atoms with Gasteiger partial charge in [0.1, 0.15) is 11.5 Å². The van der Waals surface area contributed by atoms with Crippen LogP contribution in [0.4, 0.5) is 0 Å². The summed E-state index contributed by atoms with van der Waals surface area (Å²) in [4.78, 5) is 27.0. The Morgan fingerprint density at radius 1 is 1.05 bits per heavy atom. The molecular formula is C35H41NO4. The molecule has 0 radical (unpaired) electrons. The zero-order valence-electron chi connectivity index (χ0n) is 23.6. The Kier molecular flexibility index (Phi) is 6.82. The fourth-order valence-electron chi connectivity index (χ4n) is 8.77. The number of fused-ring (bicyclic) bond motifs is 1. The lowest BCUT2D eigenvalue weighted by atomic mass is 9.46. The van der Waals surface area contributed by atoms with Crippen molar-refractivity contribution in [3.05, 3.63) is 82.4 Å². The molecule has 1 spiro atoms. The van der Waals surface area contributed by atoms with Crippen molar-refractivity contribution in [2.45, 2.75) is 71.1 Å². The number of benzene rings is 1. The molecule has 5 heteroatoms. The molecule has 0 unspecified atom stereocenters. The molecule has 3 aliphatic heterocycles. The van der Waals surface area contributed by atoms with E-state index in [4.69, 9.17) is 9.47 Å². The van der Waals surface area contributed by atoms with E-state index in [1.165, 1.54) is 18.4 Å². The molecule has 1 N–H and O–H groups in total. The van der Waals surface area contributed by atoms with Crippen molar-refractivity contribution in [1.29, 1.82) is 0 Å². The Morgan fingerprint density at radius 2 is 1.88 bits per heavy atom. The van der Waals surface area contributed by atoms with E-state index >= 15 is 0 Å². The van der Waals surface area contributed by atoms with Crippen molar-refractivity contribution in [3.8, 4) is 0 Å². The zero-order valence-corrected chi connectivity index (χ0v) is 23.6. The molecule has 3 fully saturated rings. The summed E-state index contributed by atoms with van der Waals surface area (Å²) in [6, 6.07) is 10.5. The van der Waals surface area contributed by atoms with Gasteiger partial charge in [-0.05, 0) is 119 Å². The summed E-state index contributed by atoms with van der Waals surface area (Å²) in [5.41, 5.74) is 3.50. The number of cyclic esters (lactones) is 2. The largest absolute Gasteiger partial charge is 0.427 e. The maximum Gasteiger partial charge on any atom is 0.340 e. The molecular weight excluding hydrogens is 498 g/mol. The van der Waals surface area contributed by atoms with Gasteiger partial charge in [-0.15, -0.1) is 0 Å². The molecule has 1 aromatic carbocycles. The second-order valence-electron chi connectivity index (χ2n) is 12.8. The van der Waals surface area contributed by atoms with Gasteiger partial charge in [-0.25, -0.2) is 9.59 Å². The van der Waals surface area contributed by atoms with E-state index in [1.54, 1.807) is 0 Å². The third-order valence-corrected chi connectivity index (χ3v) is 10.8. The Hall–Kier alpha value is -2.92. The smallest absolute Gasteiger partial charge is 0.340 e. The van der Waals surface area contributed by atoms with Crippen molar-refractivity contribution < 1.29 is 19.1 Å². The van der Waals surface area contributed by atoms with Crippen molar-refractivity contribution in [1.82, 2.24) is 5.32 Å².